The minimum Gasteiger partial charge on any atom is -0.300 e. The van der Waals surface area contributed by atoms with Gasteiger partial charge in [-0.05, 0) is 50.7 Å². The molecule has 1 aliphatic carbocycles. The van der Waals surface area contributed by atoms with E-state index in [1.807, 2.05) is 12.1 Å². The fraction of sp³-hybridized carbons (Fsp3) is 0.579. The molecule has 24 heavy (non-hydrogen) atoms. The Balaban J connectivity index is 1.32. The van der Waals surface area contributed by atoms with Crippen molar-refractivity contribution < 1.29 is 4.39 Å². The summed E-state index contributed by atoms with van der Waals surface area (Å²) in [6.45, 7) is 4.28. The first kappa shape index (κ1) is 15.8. The number of hydrogen-bond acceptors (Lipinski definition) is 3. The van der Waals surface area contributed by atoms with Gasteiger partial charge in [0.1, 0.15) is 5.82 Å². The number of piperidine rings is 1. The summed E-state index contributed by atoms with van der Waals surface area (Å²) in [6.07, 6.45) is 7.65. The van der Waals surface area contributed by atoms with Crippen LogP contribution in [0.15, 0.2) is 30.5 Å². The van der Waals surface area contributed by atoms with Gasteiger partial charge in [-0.1, -0.05) is 23.4 Å². The molecule has 128 valence electrons. The Morgan fingerprint density at radius 2 is 1.92 bits per heavy atom. The van der Waals surface area contributed by atoms with Crippen molar-refractivity contribution in [3.8, 4) is 0 Å². The molecule has 2 aromatic rings. The quantitative estimate of drug-likeness (QED) is 0.841. The fourth-order valence-electron chi connectivity index (χ4n) is 3.74. The third kappa shape index (κ3) is 3.36. The molecule has 1 atom stereocenters. The summed E-state index contributed by atoms with van der Waals surface area (Å²) in [7, 11) is 0. The lowest BCUT2D eigenvalue weighted by Crippen LogP contribution is -2.41. The normalized spacial score (nSPS) is 21.1. The topological polar surface area (TPSA) is 34.0 Å². The van der Waals surface area contributed by atoms with Crippen LogP contribution in [0.4, 0.5) is 4.39 Å². The number of benzene rings is 1. The largest absolute Gasteiger partial charge is 0.300 e. The highest BCUT2D eigenvalue weighted by atomic mass is 19.1. The SMILES string of the molecule is CC(Cc1ccccc1F)N1CCC(n2cc(C3CC3)nn2)CC1. The van der Waals surface area contributed by atoms with E-state index in [9.17, 15) is 4.39 Å². The first-order valence-electron chi connectivity index (χ1n) is 9.10. The molecule has 5 heteroatoms. The van der Waals surface area contributed by atoms with Crippen LogP contribution in [0.2, 0.25) is 0 Å². The minimum absolute atomic E-state index is 0.0885. The van der Waals surface area contributed by atoms with Gasteiger partial charge in [-0.25, -0.2) is 9.07 Å². The van der Waals surface area contributed by atoms with Crippen molar-refractivity contribution in [3.05, 3.63) is 47.5 Å². The van der Waals surface area contributed by atoms with Gasteiger partial charge >= 0.3 is 0 Å². The van der Waals surface area contributed by atoms with Gasteiger partial charge in [-0.15, -0.1) is 5.10 Å². The van der Waals surface area contributed by atoms with E-state index in [2.05, 4.69) is 33.0 Å². The number of hydrogen-bond donors (Lipinski definition) is 0. The highest BCUT2D eigenvalue weighted by molar-refractivity contribution is 5.18. The molecular formula is C19H25FN4. The zero-order valence-corrected chi connectivity index (χ0v) is 14.2. The number of nitrogens with zero attached hydrogens (tertiary/aromatic N) is 4. The number of likely N-dealkylation sites (tertiary alicyclic amines) is 1. The molecule has 1 saturated carbocycles. The molecule has 1 aromatic carbocycles. The molecule has 0 radical (unpaired) electrons. The third-order valence-corrected chi connectivity index (χ3v) is 5.49. The summed E-state index contributed by atoms with van der Waals surface area (Å²) >= 11 is 0. The second-order valence-corrected chi connectivity index (χ2v) is 7.31. The monoisotopic (exact) mass is 328 g/mol. The summed E-state index contributed by atoms with van der Waals surface area (Å²) in [4.78, 5) is 2.47. The lowest BCUT2D eigenvalue weighted by atomic mass is 10.00. The van der Waals surface area contributed by atoms with E-state index in [1.165, 1.54) is 18.5 Å². The summed E-state index contributed by atoms with van der Waals surface area (Å²) in [5, 5.41) is 8.68. The number of aromatic nitrogens is 3. The lowest BCUT2D eigenvalue weighted by Gasteiger charge is -2.36. The van der Waals surface area contributed by atoms with E-state index in [-0.39, 0.29) is 5.82 Å². The predicted molar refractivity (Wildman–Crippen MR) is 91.4 cm³/mol. The second-order valence-electron chi connectivity index (χ2n) is 7.31. The van der Waals surface area contributed by atoms with Crippen LogP contribution in [-0.4, -0.2) is 39.0 Å². The van der Waals surface area contributed by atoms with Gasteiger partial charge in [0.15, 0.2) is 0 Å². The molecule has 0 N–H and O–H groups in total. The average molecular weight is 328 g/mol. The molecule has 4 nitrogen and oxygen atoms in total. The number of halogens is 1. The average Bonchev–Trinajstić information content (AvgIpc) is 3.34. The van der Waals surface area contributed by atoms with Crippen molar-refractivity contribution >= 4 is 0 Å². The van der Waals surface area contributed by atoms with E-state index in [0.717, 1.165) is 37.9 Å². The molecule has 2 fully saturated rings. The first-order chi connectivity index (χ1) is 11.7. The van der Waals surface area contributed by atoms with Crippen LogP contribution in [0.25, 0.3) is 0 Å². The van der Waals surface area contributed by atoms with Crippen LogP contribution in [0, 0.1) is 5.82 Å². The Morgan fingerprint density at radius 3 is 2.62 bits per heavy atom. The second kappa shape index (κ2) is 6.63. The summed E-state index contributed by atoms with van der Waals surface area (Å²) in [6, 6.07) is 7.94. The van der Waals surface area contributed by atoms with Crippen molar-refractivity contribution in [2.75, 3.05) is 13.1 Å². The third-order valence-electron chi connectivity index (χ3n) is 5.49. The molecule has 2 aliphatic rings. The van der Waals surface area contributed by atoms with Gasteiger partial charge in [-0.3, -0.25) is 0 Å². The highest BCUT2D eigenvalue weighted by Gasteiger charge is 2.29. The zero-order valence-electron chi connectivity index (χ0n) is 14.2. The van der Waals surface area contributed by atoms with Gasteiger partial charge in [0.05, 0.1) is 11.7 Å². The molecule has 0 bridgehead atoms. The number of rotatable bonds is 5. The van der Waals surface area contributed by atoms with Gasteiger partial charge in [0, 0.05) is 31.2 Å². The molecule has 1 saturated heterocycles. The maximum atomic E-state index is 13.8. The minimum atomic E-state index is -0.0885. The van der Waals surface area contributed by atoms with Gasteiger partial charge in [0.2, 0.25) is 0 Å². The van der Waals surface area contributed by atoms with Gasteiger partial charge < -0.3 is 4.90 Å². The van der Waals surface area contributed by atoms with E-state index in [1.54, 1.807) is 12.1 Å². The Bertz CT molecular complexity index is 686. The van der Waals surface area contributed by atoms with Crippen LogP contribution in [0.3, 0.4) is 0 Å². The molecule has 1 unspecified atom stereocenters. The molecular weight excluding hydrogens is 303 g/mol. The maximum Gasteiger partial charge on any atom is 0.126 e. The molecule has 2 heterocycles. The Hall–Kier alpha value is -1.75. The maximum absolute atomic E-state index is 13.8. The summed E-state index contributed by atoms with van der Waals surface area (Å²) in [5.41, 5.74) is 1.99. The van der Waals surface area contributed by atoms with Crippen molar-refractivity contribution in [2.24, 2.45) is 0 Å². The molecule has 1 aliphatic heterocycles. The van der Waals surface area contributed by atoms with E-state index >= 15 is 0 Å². The van der Waals surface area contributed by atoms with Crippen molar-refractivity contribution in [3.63, 3.8) is 0 Å². The Labute approximate surface area is 142 Å². The zero-order chi connectivity index (χ0) is 16.5. The van der Waals surface area contributed by atoms with Gasteiger partial charge in [-0.2, -0.15) is 0 Å². The Kier molecular flexibility index (Phi) is 4.35. The van der Waals surface area contributed by atoms with Crippen LogP contribution in [0.5, 0.6) is 0 Å². The molecule has 0 amide bonds. The fourth-order valence-corrected chi connectivity index (χ4v) is 3.74. The smallest absolute Gasteiger partial charge is 0.126 e. The lowest BCUT2D eigenvalue weighted by molar-refractivity contribution is 0.137. The molecule has 4 rings (SSSR count). The van der Waals surface area contributed by atoms with Crippen molar-refractivity contribution in [2.45, 2.75) is 57.0 Å². The van der Waals surface area contributed by atoms with Crippen molar-refractivity contribution in [1.29, 1.82) is 0 Å². The van der Waals surface area contributed by atoms with Crippen molar-refractivity contribution in [1.82, 2.24) is 19.9 Å². The first-order valence-corrected chi connectivity index (χ1v) is 9.10. The van der Waals surface area contributed by atoms with Gasteiger partial charge in [0.25, 0.3) is 0 Å². The van der Waals surface area contributed by atoms with E-state index < -0.39 is 0 Å². The molecule has 0 spiro atoms. The highest BCUT2D eigenvalue weighted by Crippen LogP contribution is 2.39. The van der Waals surface area contributed by atoms with E-state index in [4.69, 9.17) is 0 Å². The summed E-state index contributed by atoms with van der Waals surface area (Å²) < 4.78 is 15.9. The Morgan fingerprint density at radius 1 is 1.17 bits per heavy atom. The van der Waals surface area contributed by atoms with Crippen LogP contribution < -0.4 is 0 Å². The van der Waals surface area contributed by atoms with E-state index in [0.29, 0.717) is 18.0 Å². The van der Waals surface area contributed by atoms with Crippen LogP contribution in [0.1, 0.15) is 55.8 Å². The van der Waals surface area contributed by atoms with Crippen LogP contribution in [-0.2, 0) is 6.42 Å². The predicted octanol–water partition coefficient (Wildman–Crippen LogP) is 3.56. The standard InChI is InChI=1S/C19H25FN4/c1-14(12-16-4-2-3-5-18(16)20)23-10-8-17(9-11-23)24-13-19(21-22-24)15-6-7-15/h2-5,13-15,17H,6-12H2,1H3. The summed E-state index contributed by atoms with van der Waals surface area (Å²) in [5.74, 6) is 0.578. The molecule has 1 aromatic heterocycles. The van der Waals surface area contributed by atoms with Crippen LogP contribution >= 0.6 is 0 Å².